The lowest BCUT2D eigenvalue weighted by atomic mass is 9.38. The van der Waals surface area contributed by atoms with E-state index in [-0.39, 0.29) is 76.5 Å². The van der Waals surface area contributed by atoms with Crippen LogP contribution >= 0.6 is 11.6 Å². The molecule has 0 aromatic heterocycles. The summed E-state index contributed by atoms with van der Waals surface area (Å²) in [5.74, 6) is 1.35. The number of hydrogen-bond acceptors (Lipinski definition) is 8. The topological polar surface area (TPSA) is 131 Å². The molecular weight excluding hydrogens is 814 g/mol. The molecule has 63 heavy (non-hydrogen) atoms. The van der Waals surface area contributed by atoms with Gasteiger partial charge in [-0.15, -0.1) is 0 Å². The molecule has 346 valence electrons. The third-order valence-electron chi connectivity index (χ3n) is 18.3. The third kappa shape index (κ3) is 8.22. The van der Waals surface area contributed by atoms with Crippen LogP contribution in [0.2, 0.25) is 5.02 Å². The number of aldehydes is 1. The first kappa shape index (κ1) is 46.3. The highest BCUT2D eigenvalue weighted by atomic mass is 35.5. The summed E-state index contributed by atoms with van der Waals surface area (Å²) in [4.78, 5) is 69.9. The molecule has 11 heteroatoms. The Morgan fingerprint density at radius 3 is 2.35 bits per heavy atom. The van der Waals surface area contributed by atoms with Crippen molar-refractivity contribution in [2.45, 2.75) is 156 Å². The monoisotopic (exact) mass is 888 g/mol. The number of piperidine rings is 1. The van der Waals surface area contributed by atoms with E-state index in [0.717, 1.165) is 82.0 Å². The van der Waals surface area contributed by atoms with Crippen molar-refractivity contribution in [3.8, 4) is 5.75 Å². The summed E-state index contributed by atoms with van der Waals surface area (Å²) in [6.07, 6.45) is 13.1. The van der Waals surface area contributed by atoms with Gasteiger partial charge < -0.3 is 24.9 Å². The van der Waals surface area contributed by atoms with Crippen molar-refractivity contribution in [3.05, 3.63) is 39.9 Å². The van der Waals surface area contributed by atoms with Crippen LogP contribution in [0.1, 0.15) is 149 Å². The molecule has 12 unspecified atom stereocenters. The van der Waals surface area contributed by atoms with Crippen LogP contribution < -0.4 is 15.4 Å². The van der Waals surface area contributed by atoms with Gasteiger partial charge in [-0.3, -0.25) is 24.1 Å². The molecule has 1 heterocycles. The molecule has 7 aliphatic rings. The van der Waals surface area contributed by atoms with Crippen molar-refractivity contribution >= 4 is 41.5 Å². The number of halogens is 1. The van der Waals surface area contributed by atoms with Crippen molar-refractivity contribution in [1.82, 2.24) is 15.5 Å². The minimum atomic E-state index is -1.29. The highest BCUT2D eigenvalue weighted by Crippen LogP contribution is 2.70. The molecule has 8 rings (SSSR count). The van der Waals surface area contributed by atoms with Crippen molar-refractivity contribution in [2.24, 2.45) is 64.1 Å². The number of carbonyl (C=O) groups excluding carboxylic acids is 5. The molecule has 10 nitrogen and oxygen atoms in total. The maximum absolute atomic E-state index is 14.6. The zero-order valence-corrected chi connectivity index (χ0v) is 40.0. The van der Waals surface area contributed by atoms with Crippen LogP contribution in [0.15, 0.2) is 29.3 Å². The molecular formula is C52H74ClN3O7. The molecule has 1 aromatic rings. The summed E-state index contributed by atoms with van der Waals surface area (Å²) in [6.45, 7) is 20.3. The van der Waals surface area contributed by atoms with Gasteiger partial charge in [0.2, 0.25) is 5.91 Å². The number of nitrogens with zero attached hydrogens (tertiary/aromatic N) is 1. The number of benzene rings is 1. The van der Waals surface area contributed by atoms with E-state index in [1.807, 2.05) is 6.92 Å². The van der Waals surface area contributed by atoms with Gasteiger partial charge in [-0.2, -0.15) is 0 Å². The molecule has 1 aromatic carbocycles. The minimum absolute atomic E-state index is 0.0286. The Balaban J connectivity index is 0.970. The SMILES string of the molecule is CC(C)C1=C2C3CCC4C(C)(CCC5C(C)C(OC(=O)C6CC(C=O)C6C)CCC54C)C3CCC2(NC(=O)C(C)(C)NC(=O)c2ccc(Cl)cc2OCCN2CCCCC2)CC1=O. The van der Waals surface area contributed by atoms with E-state index in [0.29, 0.717) is 53.5 Å². The van der Waals surface area contributed by atoms with E-state index >= 15 is 0 Å². The Labute approximate surface area is 381 Å². The van der Waals surface area contributed by atoms with Crippen molar-refractivity contribution in [1.29, 1.82) is 0 Å². The zero-order valence-electron chi connectivity index (χ0n) is 39.3. The predicted octanol–water partition coefficient (Wildman–Crippen LogP) is 9.17. The molecule has 6 fully saturated rings. The van der Waals surface area contributed by atoms with E-state index in [1.165, 1.54) is 19.3 Å². The molecule has 0 spiro atoms. The lowest BCUT2D eigenvalue weighted by molar-refractivity contribution is -0.195. The number of allylic oxidation sites excluding steroid dienone is 1. The molecule has 0 radical (unpaired) electrons. The van der Waals surface area contributed by atoms with Gasteiger partial charge in [0.05, 0.1) is 17.0 Å². The number of nitrogens with one attached hydrogen (secondary N) is 2. The summed E-state index contributed by atoms with van der Waals surface area (Å²) in [5, 5.41) is 6.96. The molecule has 12 atom stereocenters. The van der Waals surface area contributed by atoms with E-state index in [2.05, 4.69) is 50.2 Å². The van der Waals surface area contributed by atoms with E-state index in [4.69, 9.17) is 21.1 Å². The number of likely N-dealkylation sites (tertiary alicyclic amines) is 1. The molecule has 2 amide bonds. The van der Waals surface area contributed by atoms with Gasteiger partial charge in [0, 0.05) is 23.9 Å². The summed E-state index contributed by atoms with van der Waals surface area (Å²) < 4.78 is 12.5. The first-order chi connectivity index (χ1) is 29.8. The number of ketones is 1. The Morgan fingerprint density at radius 1 is 0.952 bits per heavy atom. The fraction of sp³-hybridized carbons (Fsp3) is 0.750. The standard InChI is InChI=1S/C52H74ClN3O7/c1-30(2)44-40(58)28-52(55-48(61)49(5,6)54-46(59)36-13-12-34(53)27-42(36)62-25-24-56-22-10-9-11-23-56)21-17-39-35(45(44)52)14-15-43-50(7)20-18-41(32(4)38(50)16-19-51(39,43)8)63-47(60)37-26-33(29-57)31(37)3/h12-13,27,29-33,35,37-39,41,43H,9-11,14-26,28H2,1-8H3,(H,54,59)(H,55,61). The third-order valence-corrected chi connectivity index (χ3v) is 18.6. The number of rotatable bonds is 12. The van der Waals surface area contributed by atoms with E-state index in [9.17, 15) is 24.0 Å². The molecule has 0 bridgehead atoms. The minimum Gasteiger partial charge on any atom is -0.491 e. The highest BCUT2D eigenvalue weighted by molar-refractivity contribution is 6.30. The molecule has 1 aliphatic heterocycles. The molecule has 5 saturated carbocycles. The maximum Gasteiger partial charge on any atom is 0.309 e. The van der Waals surface area contributed by atoms with Crippen LogP contribution in [-0.2, 0) is 23.9 Å². The number of fused-ring (bicyclic) bond motifs is 7. The number of amides is 2. The van der Waals surface area contributed by atoms with Gasteiger partial charge in [-0.25, -0.2) is 0 Å². The van der Waals surface area contributed by atoms with Crippen LogP contribution in [-0.4, -0.2) is 78.2 Å². The molecule has 1 saturated heterocycles. The second-order valence-corrected chi connectivity index (χ2v) is 22.9. The summed E-state index contributed by atoms with van der Waals surface area (Å²) in [6, 6.07) is 4.99. The zero-order chi connectivity index (χ0) is 45.2. The number of esters is 1. The average molecular weight is 889 g/mol. The number of ether oxygens (including phenoxy) is 2. The van der Waals surface area contributed by atoms with Gasteiger partial charge in [-0.1, -0.05) is 59.6 Å². The number of Topliss-reactive ketones (excluding diaryl/α,β-unsaturated/α-hetero) is 1. The highest BCUT2D eigenvalue weighted by Gasteiger charge is 2.65. The summed E-state index contributed by atoms with van der Waals surface area (Å²) in [7, 11) is 0. The van der Waals surface area contributed by atoms with Crippen LogP contribution in [0.3, 0.4) is 0 Å². The van der Waals surface area contributed by atoms with Gasteiger partial charge in [0.1, 0.15) is 30.3 Å². The fourth-order valence-electron chi connectivity index (χ4n) is 14.8. The number of carbonyl (C=O) groups is 5. The quantitative estimate of drug-likeness (QED) is 0.157. The van der Waals surface area contributed by atoms with Gasteiger partial charge in [0.15, 0.2) is 5.78 Å². The Morgan fingerprint density at radius 2 is 1.65 bits per heavy atom. The first-order valence-electron chi connectivity index (χ1n) is 24.6. The van der Waals surface area contributed by atoms with E-state index < -0.39 is 17.0 Å². The second kappa shape index (κ2) is 17.5. The van der Waals surface area contributed by atoms with E-state index in [1.54, 1.807) is 32.0 Å². The van der Waals surface area contributed by atoms with Crippen molar-refractivity contribution in [2.75, 3.05) is 26.2 Å². The normalized spacial score (nSPS) is 37.7. The molecule has 2 N–H and O–H groups in total. The van der Waals surface area contributed by atoms with Crippen molar-refractivity contribution < 1.29 is 33.4 Å². The largest absolute Gasteiger partial charge is 0.491 e. The van der Waals surface area contributed by atoms with Gasteiger partial charge >= 0.3 is 5.97 Å². The Kier molecular flexibility index (Phi) is 12.9. The molecule has 6 aliphatic carbocycles. The Bertz CT molecular complexity index is 2010. The fourth-order valence-corrected chi connectivity index (χ4v) is 15.0. The van der Waals surface area contributed by atoms with Crippen LogP contribution in [0.4, 0.5) is 0 Å². The summed E-state index contributed by atoms with van der Waals surface area (Å²) >= 11 is 6.38. The summed E-state index contributed by atoms with van der Waals surface area (Å²) in [5.41, 5.74) is 0.484. The van der Waals surface area contributed by atoms with Crippen LogP contribution in [0.25, 0.3) is 0 Å². The Hall–Kier alpha value is -3.24. The van der Waals surface area contributed by atoms with Crippen LogP contribution in [0, 0.1) is 64.1 Å². The first-order valence-corrected chi connectivity index (χ1v) is 24.9. The predicted molar refractivity (Wildman–Crippen MR) is 244 cm³/mol. The lowest BCUT2D eigenvalue weighted by Gasteiger charge is -2.67. The average Bonchev–Trinajstić information content (AvgIpc) is 3.53. The van der Waals surface area contributed by atoms with Gasteiger partial charge in [0.25, 0.3) is 5.91 Å². The number of hydrogen-bond donors (Lipinski definition) is 2. The van der Waals surface area contributed by atoms with Gasteiger partial charge in [-0.05, 0) is 179 Å². The van der Waals surface area contributed by atoms with Crippen LogP contribution in [0.5, 0.6) is 5.75 Å². The smallest absolute Gasteiger partial charge is 0.309 e. The lowest BCUT2D eigenvalue weighted by Crippen LogP contribution is -2.65. The van der Waals surface area contributed by atoms with Crippen molar-refractivity contribution in [3.63, 3.8) is 0 Å². The second-order valence-electron chi connectivity index (χ2n) is 22.5. The maximum atomic E-state index is 14.6.